The van der Waals surface area contributed by atoms with Crippen molar-refractivity contribution in [3.05, 3.63) is 99.7 Å². The quantitative estimate of drug-likeness (QED) is 0.307. The number of hydrogen-bond acceptors (Lipinski definition) is 3. The van der Waals surface area contributed by atoms with Crippen molar-refractivity contribution in [2.45, 2.75) is 37.6 Å². The molecule has 1 aliphatic carbocycles. The second-order valence-corrected chi connectivity index (χ2v) is 9.85. The van der Waals surface area contributed by atoms with E-state index in [1.54, 1.807) is 30.3 Å². The molecule has 0 aromatic heterocycles. The summed E-state index contributed by atoms with van der Waals surface area (Å²) in [7, 11) is 0. The molecule has 0 radical (unpaired) electrons. The summed E-state index contributed by atoms with van der Waals surface area (Å²) in [6.07, 6.45) is 4.39. The molecule has 3 aromatic carbocycles. The van der Waals surface area contributed by atoms with Crippen molar-refractivity contribution in [1.82, 2.24) is 10.6 Å². The van der Waals surface area contributed by atoms with Gasteiger partial charge in [0.1, 0.15) is 11.2 Å². The largest absolute Gasteiger partial charge is 0.480 e. The lowest BCUT2D eigenvalue weighted by Gasteiger charge is -2.34. The first kappa shape index (κ1) is 26.5. The SMILES string of the molecule is O=C(NC1(C(=O)O)CCCCC1)/C(=C\c1ccc(Cl)c(Cl)c1)NC(=O)c1ccc(-c2ccccc2)cc1. The number of amides is 2. The molecule has 1 fully saturated rings. The Bertz CT molecular complexity index is 1330. The molecule has 4 rings (SSSR count). The zero-order chi connectivity index (χ0) is 26.4. The van der Waals surface area contributed by atoms with Crippen LogP contribution in [0.3, 0.4) is 0 Å². The summed E-state index contributed by atoms with van der Waals surface area (Å²) in [6.45, 7) is 0. The monoisotopic (exact) mass is 536 g/mol. The number of halogens is 2. The maximum atomic E-state index is 13.4. The van der Waals surface area contributed by atoms with Crippen LogP contribution in [-0.2, 0) is 9.59 Å². The van der Waals surface area contributed by atoms with E-state index in [-0.39, 0.29) is 10.7 Å². The molecule has 0 bridgehead atoms. The van der Waals surface area contributed by atoms with Crippen LogP contribution in [0.4, 0.5) is 0 Å². The van der Waals surface area contributed by atoms with Crippen molar-refractivity contribution >= 4 is 47.1 Å². The number of carboxylic acids is 1. The van der Waals surface area contributed by atoms with Gasteiger partial charge < -0.3 is 15.7 Å². The summed E-state index contributed by atoms with van der Waals surface area (Å²) in [5, 5.41) is 15.9. The molecule has 6 nitrogen and oxygen atoms in total. The molecule has 3 N–H and O–H groups in total. The highest BCUT2D eigenvalue weighted by Gasteiger charge is 2.41. The number of aliphatic carboxylic acids is 1. The summed E-state index contributed by atoms with van der Waals surface area (Å²) in [5.74, 6) is -2.28. The van der Waals surface area contributed by atoms with E-state index in [0.717, 1.165) is 17.5 Å². The van der Waals surface area contributed by atoms with Gasteiger partial charge in [-0.05, 0) is 59.9 Å². The summed E-state index contributed by atoms with van der Waals surface area (Å²) < 4.78 is 0. The number of benzene rings is 3. The third-order valence-corrected chi connectivity index (χ3v) is 7.21. The average Bonchev–Trinajstić information content (AvgIpc) is 2.91. The third-order valence-electron chi connectivity index (χ3n) is 6.47. The fourth-order valence-electron chi connectivity index (χ4n) is 4.40. The molecule has 37 heavy (non-hydrogen) atoms. The van der Waals surface area contributed by atoms with Crippen LogP contribution in [0.1, 0.15) is 48.0 Å². The van der Waals surface area contributed by atoms with E-state index in [9.17, 15) is 19.5 Å². The summed E-state index contributed by atoms with van der Waals surface area (Å²) >= 11 is 12.2. The minimum absolute atomic E-state index is 0.0956. The van der Waals surface area contributed by atoms with Gasteiger partial charge in [-0.1, -0.05) is 91.0 Å². The van der Waals surface area contributed by atoms with Crippen LogP contribution in [0, 0.1) is 0 Å². The number of carbonyl (C=O) groups excluding carboxylic acids is 2. The molecular formula is C29H26Cl2N2O4. The number of rotatable bonds is 7. The van der Waals surface area contributed by atoms with Crippen LogP contribution in [-0.4, -0.2) is 28.4 Å². The van der Waals surface area contributed by atoms with Gasteiger partial charge in [0, 0.05) is 5.56 Å². The normalized spacial score (nSPS) is 15.0. The van der Waals surface area contributed by atoms with Gasteiger partial charge in [-0.3, -0.25) is 9.59 Å². The Morgan fingerprint density at radius 3 is 2.08 bits per heavy atom. The van der Waals surface area contributed by atoms with Crippen molar-refractivity contribution < 1.29 is 19.5 Å². The average molecular weight is 537 g/mol. The van der Waals surface area contributed by atoms with E-state index in [0.29, 0.717) is 41.8 Å². The lowest BCUT2D eigenvalue weighted by molar-refractivity contribution is -0.148. The van der Waals surface area contributed by atoms with E-state index >= 15 is 0 Å². The molecule has 0 saturated heterocycles. The maximum absolute atomic E-state index is 13.4. The maximum Gasteiger partial charge on any atom is 0.329 e. The van der Waals surface area contributed by atoms with Crippen LogP contribution in [0.2, 0.25) is 10.0 Å². The van der Waals surface area contributed by atoms with E-state index in [4.69, 9.17) is 23.2 Å². The number of nitrogens with one attached hydrogen (secondary N) is 2. The first-order valence-electron chi connectivity index (χ1n) is 12.0. The Labute approximate surface area is 225 Å². The highest BCUT2D eigenvalue weighted by Crippen LogP contribution is 2.29. The van der Waals surface area contributed by atoms with Crippen LogP contribution < -0.4 is 10.6 Å². The summed E-state index contributed by atoms with van der Waals surface area (Å²) in [5.41, 5.74) is 1.35. The molecule has 2 amide bonds. The molecule has 0 spiro atoms. The minimum atomic E-state index is -1.38. The Hall–Kier alpha value is -3.61. The van der Waals surface area contributed by atoms with Crippen LogP contribution in [0.5, 0.6) is 0 Å². The van der Waals surface area contributed by atoms with Crippen molar-refractivity contribution in [2.75, 3.05) is 0 Å². The standard InChI is InChI=1S/C29H26Cl2N2O4/c30-23-14-9-19(17-24(23)31)18-25(27(35)33-29(28(36)37)15-5-2-6-16-29)32-26(34)22-12-10-21(11-13-22)20-7-3-1-4-8-20/h1,3-4,7-14,17-18H,2,5-6,15-16H2,(H,32,34)(H,33,35)(H,36,37)/b25-18+. The minimum Gasteiger partial charge on any atom is -0.480 e. The third kappa shape index (κ3) is 6.40. The van der Waals surface area contributed by atoms with Crippen LogP contribution >= 0.6 is 23.2 Å². The lowest BCUT2D eigenvalue weighted by Crippen LogP contribution is -2.56. The summed E-state index contributed by atoms with van der Waals surface area (Å²) in [6, 6.07) is 21.5. The smallest absolute Gasteiger partial charge is 0.329 e. The second-order valence-electron chi connectivity index (χ2n) is 9.03. The topological polar surface area (TPSA) is 95.5 Å². The van der Waals surface area contributed by atoms with E-state index < -0.39 is 23.3 Å². The zero-order valence-corrected chi connectivity index (χ0v) is 21.5. The molecule has 0 heterocycles. The van der Waals surface area contributed by atoms with E-state index in [1.807, 2.05) is 42.5 Å². The molecule has 8 heteroatoms. The van der Waals surface area contributed by atoms with E-state index in [2.05, 4.69) is 10.6 Å². The number of carboxylic acid groups (broad SMARTS) is 1. The van der Waals surface area contributed by atoms with E-state index in [1.165, 1.54) is 6.08 Å². The van der Waals surface area contributed by atoms with Gasteiger partial charge in [-0.2, -0.15) is 0 Å². The Kier molecular flexibility index (Phi) is 8.31. The zero-order valence-electron chi connectivity index (χ0n) is 20.0. The Balaban J connectivity index is 1.61. The van der Waals surface area contributed by atoms with Gasteiger partial charge in [0.2, 0.25) is 0 Å². The molecule has 0 aliphatic heterocycles. The summed E-state index contributed by atoms with van der Waals surface area (Å²) in [4.78, 5) is 38.6. The highest BCUT2D eigenvalue weighted by molar-refractivity contribution is 6.42. The van der Waals surface area contributed by atoms with Crippen molar-refractivity contribution in [3.63, 3.8) is 0 Å². The highest BCUT2D eigenvalue weighted by atomic mass is 35.5. The van der Waals surface area contributed by atoms with Gasteiger partial charge in [0.25, 0.3) is 11.8 Å². The first-order valence-corrected chi connectivity index (χ1v) is 12.7. The van der Waals surface area contributed by atoms with Crippen LogP contribution in [0.15, 0.2) is 78.5 Å². The predicted molar refractivity (Wildman–Crippen MR) is 145 cm³/mol. The number of hydrogen-bond donors (Lipinski definition) is 3. The molecule has 190 valence electrons. The molecular weight excluding hydrogens is 511 g/mol. The lowest BCUT2D eigenvalue weighted by atomic mass is 9.81. The molecule has 0 atom stereocenters. The van der Waals surface area contributed by atoms with Crippen molar-refractivity contribution in [3.8, 4) is 11.1 Å². The Morgan fingerprint density at radius 1 is 0.811 bits per heavy atom. The molecule has 0 unspecified atom stereocenters. The van der Waals surface area contributed by atoms with Crippen molar-refractivity contribution in [1.29, 1.82) is 0 Å². The fourth-order valence-corrected chi connectivity index (χ4v) is 4.71. The van der Waals surface area contributed by atoms with Gasteiger partial charge in [-0.15, -0.1) is 0 Å². The van der Waals surface area contributed by atoms with Crippen LogP contribution in [0.25, 0.3) is 17.2 Å². The molecule has 3 aromatic rings. The molecule has 1 aliphatic rings. The van der Waals surface area contributed by atoms with Gasteiger partial charge >= 0.3 is 5.97 Å². The predicted octanol–water partition coefficient (Wildman–Crippen LogP) is 6.34. The Morgan fingerprint density at radius 2 is 1.46 bits per heavy atom. The van der Waals surface area contributed by atoms with Gasteiger partial charge in [-0.25, -0.2) is 4.79 Å². The fraction of sp³-hybridized carbons (Fsp3) is 0.207. The van der Waals surface area contributed by atoms with Crippen molar-refractivity contribution in [2.24, 2.45) is 0 Å². The van der Waals surface area contributed by atoms with Gasteiger partial charge in [0.05, 0.1) is 10.0 Å². The number of carbonyl (C=O) groups is 3. The first-order chi connectivity index (χ1) is 17.8. The van der Waals surface area contributed by atoms with Gasteiger partial charge in [0.15, 0.2) is 0 Å². The molecule has 1 saturated carbocycles. The second kappa shape index (κ2) is 11.6.